The van der Waals surface area contributed by atoms with Crippen molar-refractivity contribution in [1.82, 2.24) is 4.90 Å². The van der Waals surface area contributed by atoms with Crippen molar-refractivity contribution >= 4 is 17.3 Å². The van der Waals surface area contributed by atoms with Crippen LogP contribution < -0.4 is 4.90 Å². The molecule has 0 radical (unpaired) electrons. The topological polar surface area (TPSA) is 66.7 Å². The molecule has 3 rings (SSSR count). The predicted octanol–water partition coefficient (Wildman–Crippen LogP) is 4.70. The van der Waals surface area contributed by atoms with Crippen molar-refractivity contribution < 1.29 is 9.72 Å². The number of piperidine rings is 1. The van der Waals surface area contributed by atoms with E-state index in [-0.39, 0.29) is 22.6 Å². The molecule has 0 aliphatic carbocycles. The summed E-state index contributed by atoms with van der Waals surface area (Å²) in [5.41, 5.74) is 3.37. The minimum absolute atomic E-state index is 0.121. The molecule has 0 bridgehead atoms. The van der Waals surface area contributed by atoms with Crippen LogP contribution in [0.5, 0.6) is 0 Å². The number of carbonyl (C=O) groups excluding carboxylic acids is 1. The molecule has 29 heavy (non-hydrogen) atoms. The third-order valence-electron chi connectivity index (χ3n) is 5.52. The number of likely N-dealkylation sites (tertiary alicyclic amines) is 1. The Balaban J connectivity index is 1.64. The van der Waals surface area contributed by atoms with Gasteiger partial charge in [0, 0.05) is 49.9 Å². The van der Waals surface area contributed by atoms with Gasteiger partial charge in [-0.1, -0.05) is 36.8 Å². The SMILES string of the molecule is CCCC(=O)N(c1ccc(C)cc1)C1CCN(Cc2ccc([N+](=O)[O-])cc2)CC1. The molecule has 1 heterocycles. The second-order valence-electron chi connectivity index (χ2n) is 7.78. The molecular formula is C23H29N3O3. The summed E-state index contributed by atoms with van der Waals surface area (Å²) in [7, 11) is 0. The van der Waals surface area contributed by atoms with Crippen molar-refractivity contribution in [1.29, 1.82) is 0 Å². The number of nitro benzene ring substituents is 1. The van der Waals surface area contributed by atoms with Gasteiger partial charge in [-0.25, -0.2) is 0 Å². The first kappa shape index (κ1) is 21.0. The Kier molecular flexibility index (Phi) is 6.99. The number of hydrogen-bond donors (Lipinski definition) is 0. The summed E-state index contributed by atoms with van der Waals surface area (Å²) in [4.78, 5) is 27.6. The Morgan fingerprint density at radius 2 is 1.72 bits per heavy atom. The molecule has 1 aliphatic rings. The number of nitro groups is 1. The summed E-state index contributed by atoms with van der Waals surface area (Å²) >= 11 is 0. The zero-order valence-corrected chi connectivity index (χ0v) is 17.2. The lowest BCUT2D eigenvalue weighted by Crippen LogP contribution is -2.47. The molecule has 6 heteroatoms. The fourth-order valence-corrected chi connectivity index (χ4v) is 3.92. The standard InChI is InChI=1S/C23H29N3O3/c1-3-4-23(27)25(20-9-5-18(2)6-10-20)21-13-15-24(16-14-21)17-19-7-11-22(12-8-19)26(28)29/h5-12,21H,3-4,13-17H2,1-2H3. The molecule has 1 aliphatic heterocycles. The van der Waals surface area contributed by atoms with Crippen LogP contribution in [0.25, 0.3) is 0 Å². The molecule has 1 amide bonds. The first-order valence-corrected chi connectivity index (χ1v) is 10.3. The van der Waals surface area contributed by atoms with Crippen molar-refractivity contribution in [3.63, 3.8) is 0 Å². The van der Waals surface area contributed by atoms with Gasteiger partial charge in [-0.15, -0.1) is 0 Å². The van der Waals surface area contributed by atoms with Crippen molar-refractivity contribution in [2.24, 2.45) is 0 Å². The van der Waals surface area contributed by atoms with E-state index in [4.69, 9.17) is 0 Å². The maximum Gasteiger partial charge on any atom is 0.269 e. The number of rotatable bonds is 7. The monoisotopic (exact) mass is 395 g/mol. The van der Waals surface area contributed by atoms with Crippen LogP contribution in [-0.2, 0) is 11.3 Å². The average molecular weight is 396 g/mol. The summed E-state index contributed by atoms with van der Waals surface area (Å²) in [5, 5.41) is 10.8. The second kappa shape index (κ2) is 9.65. The average Bonchev–Trinajstić information content (AvgIpc) is 2.71. The molecule has 154 valence electrons. The van der Waals surface area contributed by atoms with E-state index in [1.807, 2.05) is 36.1 Å². The van der Waals surface area contributed by atoms with Crippen LogP contribution in [0.15, 0.2) is 48.5 Å². The number of amides is 1. The first-order chi connectivity index (χ1) is 14.0. The smallest absolute Gasteiger partial charge is 0.269 e. The number of benzene rings is 2. The molecule has 1 saturated heterocycles. The Morgan fingerprint density at radius 3 is 2.28 bits per heavy atom. The van der Waals surface area contributed by atoms with Crippen LogP contribution >= 0.6 is 0 Å². The van der Waals surface area contributed by atoms with Crippen LogP contribution in [0, 0.1) is 17.0 Å². The maximum absolute atomic E-state index is 12.8. The lowest BCUT2D eigenvalue weighted by atomic mass is 10.0. The van der Waals surface area contributed by atoms with Gasteiger partial charge in [0.15, 0.2) is 0 Å². The van der Waals surface area contributed by atoms with Crippen molar-refractivity contribution in [3.8, 4) is 0 Å². The van der Waals surface area contributed by atoms with Gasteiger partial charge in [0.2, 0.25) is 5.91 Å². The zero-order chi connectivity index (χ0) is 20.8. The quantitative estimate of drug-likeness (QED) is 0.503. The van der Waals surface area contributed by atoms with Crippen LogP contribution in [0.1, 0.15) is 43.7 Å². The molecule has 0 saturated carbocycles. The minimum atomic E-state index is -0.373. The summed E-state index contributed by atoms with van der Waals surface area (Å²) in [6.07, 6.45) is 3.27. The van der Waals surface area contributed by atoms with Gasteiger partial charge in [0.1, 0.15) is 0 Å². The summed E-state index contributed by atoms with van der Waals surface area (Å²) in [6, 6.07) is 15.2. The van der Waals surface area contributed by atoms with Gasteiger partial charge in [-0.2, -0.15) is 0 Å². The molecule has 0 N–H and O–H groups in total. The van der Waals surface area contributed by atoms with E-state index in [1.54, 1.807) is 12.1 Å². The highest BCUT2D eigenvalue weighted by Crippen LogP contribution is 2.26. The Hall–Kier alpha value is -2.73. The van der Waals surface area contributed by atoms with Crippen molar-refractivity contribution in [2.75, 3.05) is 18.0 Å². The van der Waals surface area contributed by atoms with Gasteiger partial charge in [0.05, 0.1) is 4.92 Å². The number of nitrogens with zero attached hydrogens (tertiary/aromatic N) is 3. The summed E-state index contributed by atoms with van der Waals surface area (Å²) in [6.45, 7) is 6.68. The van der Waals surface area contributed by atoms with Crippen molar-refractivity contribution in [3.05, 3.63) is 69.8 Å². The van der Waals surface area contributed by atoms with E-state index in [0.29, 0.717) is 6.42 Å². The number of aryl methyl sites for hydroxylation is 1. The first-order valence-electron chi connectivity index (χ1n) is 10.3. The number of non-ortho nitro benzene ring substituents is 1. The molecule has 0 spiro atoms. The minimum Gasteiger partial charge on any atom is -0.309 e. The normalized spacial score (nSPS) is 15.2. The highest BCUT2D eigenvalue weighted by molar-refractivity contribution is 5.94. The van der Waals surface area contributed by atoms with Crippen LogP contribution in [0.4, 0.5) is 11.4 Å². The number of hydrogen-bond acceptors (Lipinski definition) is 4. The lowest BCUT2D eigenvalue weighted by molar-refractivity contribution is -0.384. The van der Waals surface area contributed by atoms with Gasteiger partial charge in [0.25, 0.3) is 5.69 Å². The van der Waals surface area contributed by atoms with Gasteiger partial charge in [-0.3, -0.25) is 19.8 Å². The summed E-state index contributed by atoms with van der Waals surface area (Å²) < 4.78 is 0. The molecule has 1 fully saturated rings. The third kappa shape index (κ3) is 5.41. The van der Waals surface area contributed by atoms with Gasteiger partial charge >= 0.3 is 0 Å². The fraction of sp³-hybridized carbons (Fsp3) is 0.435. The van der Waals surface area contributed by atoms with Crippen LogP contribution in [0.2, 0.25) is 0 Å². The van der Waals surface area contributed by atoms with Crippen molar-refractivity contribution in [2.45, 2.75) is 52.1 Å². The number of anilines is 1. The fourth-order valence-electron chi connectivity index (χ4n) is 3.92. The van der Waals surface area contributed by atoms with Gasteiger partial charge in [-0.05, 0) is 43.9 Å². The third-order valence-corrected chi connectivity index (χ3v) is 5.52. The highest BCUT2D eigenvalue weighted by atomic mass is 16.6. The maximum atomic E-state index is 12.8. The molecule has 2 aromatic rings. The lowest BCUT2D eigenvalue weighted by Gasteiger charge is -2.38. The van der Waals surface area contributed by atoms with Crippen LogP contribution in [-0.4, -0.2) is 34.9 Å². The molecule has 0 atom stereocenters. The van der Waals surface area contributed by atoms with Crippen LogP contribution in [0.3, 0.4) is 0 Å². The molecular weight excluding hydrogens is 366 g/mol. The van der Waals surface area contributed by atoms with E-state index < -0.39 is 0 Å². The predicted molar refractivity (Wildman–Crippen MR) is 115 cm³/mol. The number of carbonyl (C=O) groups is 1. The molecule has 2 aromatic carbocycles. The zero-order valence-electron chi connectivity index (χ0n) is 17.2. The highest BCUT2D eigenvalue weighted by Gasteiger charge is 2.28. The van der Waals surface area contributed by atoms with E-state index in [2.05, 4.69) is 24.0 Å². The second-order valence-corrected chi connectivity index (χ2v) is 7.78. The molecule has 6 nitrogen and oxygen atoms in total. The Morgan fingerprint density at radius 1 is 1.10 bits per heavy atom. The van der Waals surface area contributed by atoms with E-state index in [0.717, 1.165) is 50.1 Å². The molecule has 0 unspecified atom stereocenters. The summed E-state index contributed by atoms with van der Waals surface area (Å²) in [5.74, 6) is 0.199. The largest absolute Gasteiger partial charge is 0.309 e. The van der Waals surface area contributed by atoms with Gasteiger partial charge < -0.3 is 4.90 Å². The Bertz CT molecular complexity index is 825. The Labute approximate surface area is 172 Å². The van der Waals surface area contributed by atoms with E-state index in [9.17, 15) is 14.9 Å². The van der Waals surface area contributed by atoms with E-state index >= 15 is 0 Å². The molecule has 0 aromatic heterocycles. The van der Waals surface area contributed by atoms with E-state index in [1.165, 1.54) is 5.56 Å².